The molecule has 118 valence electrons. The van der Waals surface area contributed by atoms with Gasteiger partial charge in [-0.15, -0.1) is 11.3 Å². The van der Waals surface area contributed by atoms with Crippen LogP contribution in [-0.4, -0.2) is 34.2 Å². The van der Waals surface area contributed by atoms with E-state index in [9.17, 15) is 8.42 Å². The van der Waals surface area contributed by atoms with Gasteiger partial charge in [0, 0.05) is 24.5 Å². The molecular weight excluding hydrogens is 320 g/mol. The summed E-state index contributed by atoms with van der Waals surface area (Å²) in [6.45, 7) is 4.47. The van der Waals surface area contributed by atoms with Gasteiger partial charge in [0.15, 0.2) is 0 Å². The van der Waals surface area contributed by atoms with Gasteiger partial charge in [-0.25, -0.2) is 8.42 Å². The summed E-state index contributed by atoms with van der Waals surface area (Å²) >= 11 is 1.20. The maximum Gasteiger partial charge on any atom is 0.271 e. The summed E-state index contributed by atoms with van der Waals surface area (Å²) in [5, 5.41) is 1.75. The van der Waals surface area contributed by atoms with Gasteiger partial charge in [-0.05, 0) is 42.6 Å². The van der Waals surface area contributed by atoms with Gasteiger partial charge in [0.2, 0.25) is 0 Å². The lowest BCUT2D eigenvalue weighted by Crippen LogP contribution is -2.41. The molecule has 1 fully saturated rings. The van der Waals surface area contributed by atoms with Crippen molar-refractivity contribution in [3.05, 3.63) is 41.8 Å². The molecule has 0 bridgehead atoms. The average Bonchev–Trinajstić information content (AvgIpc) is 3.03. The lowest BCUT2D eigenvalue weighted by Gasteiger charge is -2.33. The van der Waals surface area contributed by atoms with Gasteiger partial charge < -0.3 is 9.64 Å². The van der Waals surface area contributed by atoms with Crippen molar-refractivity contribution in [2.24, 2.45) is 0 Å². The molecule has 1 aromatic carbocycles. The Balaban J connectivity index is 1.72. The Morgan fingerprint density at radius 2 is 2.05 bits per heavy atom. The molecule has 0 aliphatic carbocycles. The number of anilines is 2. The molecule has 3 rings (SSSR count). The summed E-state index contributed by atoms with van der Waals surface area (Å²) in [4.78, 5) is 2.24. The molecule has 0 radical (unpaired) electrons. The number of sulfonamides is 1. The Hall–Kier alpha value is -1.57. The number of thiophene rings is 1. The van der Waals surface area contributed by atoms with Crippen molar-refractivity contribution in [2.45, 2.75) is 17.2 Å². The lowest BCUT2D eigenvalue weighted by atomic mass is 10.2. The van der Waals surface area contributed by atoms with E-state index in [2.05, 4.69) is 16.5 Å². The number of nitrogens with zero attached hydrogens (tertiary/aromatic N) is 1. The van der Waals surface area contributed by atoms with Crippen LogP contribution in [-0.2, 0) is 14.8 Å². The third kappa shape index (κ3) is 3.43. The standard InChI is InChI=1S/C15H18N2O3S2/c1-12-11-17(8-9-20-12)14-6-4-13(5-7-14)16-22(18,19)15-3-2-10-21-15/h2-7,10,12,16H,8-9,11H2,1H3. The average molecular weight is 338 g/mol. The fourth-order valence-electron chi connectivity index (χ4n) is 2.42. The van der Waals surface area contributed by atoms with Crippen molar-refractivity contribution in [3.8, 4) is 0 Å². The van der Waals surface area contributed by atoms with Gasteiger partial charge in [-0.1, -0.05) is 6.07 Å². The van der Waals surface area contributed by atoms with Crippen LogP contribution in [0.2, 0.25) is 0 Å². The number of nitrogens with one attached hydrogen (secondary N) is 1. The third-order valence-electron chi connectivity index (χ3n) is 3.49. The molecule has 0 amide bonds. The molecule has 7 heteroatoms. The molecule has 2 heterocycles. The molecular formula is C15H18N2O3S2. The molecule has 2 aromatic rings. The predicted molar refractivity (Wildman–Crippen MR) is 89.2 cm³/mol. The molecule has 22 heavy (non-hydrogen) atoms. The zero-order chi connectivity index (χ0) is 15.6. The largest absolute Gasteiger partial charge is 0.375 e. The smallest absolute Gasteiger partial charge is 0.271 e. The van der Waals surface area contributed by atoms with Crippen LogP contribution in [0.5, 0.6) is 0 Å². The normalized spacial score (nSPS) is 19.1. The van der Waals surface area contributed by atoms with Crippen molar-refractivity contribution in [2.75, 3.05) is 29.3 Å². The van der Waals surface area contributed by atoms with Crippen LogP contribution in [0.4, 0.5) is 11.4 Å². The second kappa shape index (κ2) is 6.28. The SMILES string of the molecule is CC1CN(c2ccc(NS(=O)(=O)c3cccs3)cc2)CCO1. The van der Waals surface area contributed by atoms with Gasteiger partial charge in [0.25, 0.3) is 10.0 Å². The Bertz CT molecular complexity index is 712. The topological polar surface area (TPSA) is 58.6 Å². The number of ether oxygens (including phenoxy) is 1. The third-order valence-corrected chi connectivity index (χ3v) is 6.26. The zero-order valence-corrected chi connectivity index (χ0v) is 13.9. The molecule has 1 aromatic heterocycles. The van der Waals surface area contributed by atoms with E-state index in [1.807, 2.05) is 12.1 Å². The quantitative estimate of drug-likeness (QED) is 0.931. The minimum Gasteiger partial charge on any atom is -0.375 e. The summed E-state index contributed by atoms with van der Waals surface area (Å²) in [5.74, 6) is 0. The van der Waals surface area contributed by atoms with Crippen LogP contribution in [0.25, 0.3) is 0 Å². The molecule has 0 spiro atoms. The van der Waals surface area contributed by atoms with Crippen LogP contribution in [0.1, 0.15) is 6.92 Å². The number of morpholine rings is 1. The highest BCUT2D eigenvalue weighted by molar-refractivity contribution is 7.94. The van der Waals surface area contributed by atoms with E-state index in [4.69, 9.17) is 4.74 Å². The first kappa shape index (κ1) is 15.3. The Kier molecular flexibility index (Phi) is 4.37. The fraction of sp³-hybridized carbons (Fsp3) is 0.333. The second-order valence-electron chi connectivity index (χ2n) is 5.21. The van der Waals surface area contributed by atoms with Crippen molar-refractivity contribution < 1.29 is 13.2 Å². The zero-order valence-electron chi connectivity index (χ0n) is 12.2. The van der Waals surface area contributed by atoms with Crippen molar-refractivity contribution in [1.29, 1.82) is 0 Å². The Labute approximate surface area is 134 Å². The number of hydrogen-bond donors (Lipinski definition) is 1. The highest BCUT2D eigenvalue weighted by atomic mass is 32.2. The summed E-state index contributed by atoms with van der Waals surface area (Å²) in [6, 6.07) is 10.8. The van der Waals surface area contributed by atoms with Crippen molar-refractivity contribution in [3.63, 3.8) is 0 Å². The van der Waals surface area contributed by atoms with E-state index in [0.717, 1.165) is 18.8 Å². The molecule has 1 atom stereocenters. The van der Waals surface area contributed by atoms with Gasteiger partial charge >= 0.3 is 0 Å². The molecule has 1 unspecified atom stereocenters. The predicted octanol–water partition coefficient (Wildman–Crippen LogP) is 2.77. The van der Waals surface area contributed by atoms with E-state index in [1.165, 1.54) is 11.3 Å². The molecule has 1 aliphatic heterocycles. The van der Waals surface area contributed by atoms with Crippen molar-refractivity contribution in [1.82, 2.24) is 0 Å². The first-order chi connectivity index (χ1) is 10.5. The highest BCUT2D eigenvalue weighted by Gasteiger charge is 2.18. The van der Waals surface area contributed by atoms with E-state index in [1.54, 1.807) is 29.6 Å². The number of hydrogen-bond acceptors (Lipinski definition) is 5. The Morgan fingerprint density at radius 3 is 2.68 bits per heavy atom. The summed E-state index contributed by atoms with van der Waals surface area (Å²) in [5.41, 5.74) is 1.65. The summed E-state index contributed by atoms with van der Waals surface area (Å²) in [7, 11) is -3.48. The summed E-state index contributed by atoms with van der Waals surface area (Å²) in [6.07, 6.45) is 0.214. The number of rotatable bonds is 4. The van der Waals surface area contributed by atoms with Gasteiger partial charge in [0.1, 0.15) is 4.21 Å². The van der Waals surface area contributed by atoms with Crippen LogP contribution >= 0.6 is 11.3 Å². The van der Waals surface area contributed by atoms with Gasteiger partial charge in [-0.2, -0.15) is 0 Å². The van der Waals surface area contributed by atoms with Crippen LogP contribution < -0.4 is 9.62 Å². The molecule has 0 saturated carbocycles. The highest BCUT2D eigenvalue weighted by Crippen LogP contribution is 2.23. The van der Waals surface area contributed by atoms with E-state index < -0.39 is 10.0 Å². The van der Waals surface area contributed by atoms with Crippen LogP contribution in [0, 0.1) is 0 Å². The molecule has 1 aliphatic rings. The monoisotopic (exact) mass is 338 g/mol. The minimum absolute atomic E-state index is 0.214. The molecule has 1 N–H and O–H groups in total. The van der Waals surface area contributed by atoms with Crippen molar-refractivity contribution >= 4 is 32.7 Å². The first-order valence-corrected chi connectivity index (χ1v) is 9.44. The molecule has 1 saturated heterocycles. The maximum absolute atomic E-state index is 12.2. The molecule has 5 nitrogen and oxygen atoms in total. The van der Waals surface area contributed by atoms with Crippen LogP contribution in [0.15, 0.2) is 46.0 Å². The first-order valence-electron chi connectivity index (χ1n) is 7.07. The fourth-order valence-corrected chi connectivity index (χ4v) is 4.47. The van der Waals surface area contributed by atoms with Gasteiger partial charge in [0.05, 0.1) is 12.7 Å². The van der Waals surface area contributed by atoms with E-state index >= 15 is 0 Å². The number of benzene rings is 1. The second-order valence-corrected chi connectivity index (χ2v) is 8.07. The van der Waals surface area contributed by atoms with Gasteiger partial charge in [-0.3, -0.25) is 4.72 Å². The van der Waals surface area contributed by atoms with Crippen LogP contribution in [0.3, 0.4) is 0 Å². The summed E-state index contributed by atoms with van der Waals surface area (Å²) < 4.78 is 32.8. The lowest BCUT2D eigenvalue weighted by molar-refractivity contribution is 0.0532. The van der Waals surface area contributed by atoms with E-state index in [0.29, 0.717) is 16.5 Å². The maximum atomic E-state index is 12.2. The minimum atomic E-state index is -3.48. The Morgan fingerprint density at radius 1 is 1.27 bits per heavy atom. The van der Waals surface area contributed by atoms with E-state index in [-0.39, 0.29) is 6.10 Å².